The summed E-state index contributed by atoms with van der Waals surface area (Å²) < 4.78 is 11.6. The molecule has 0 aliphatic heterocycles. The first-order valence-corrected chi connectivity index (χ1v) is 8.16. The SMILES string of the molecule is CCCC(C)OCCOc1ccccc1CNCC(C)C. The van der Waals surface area contributed by atoms with Crippen molar-refractivity contribution in [2.75, 3.05) is 19.8 Å². The van der Waals surface area contributed by atoms with Crippen LogP contribution in [0.15, 0.2) is 24.3 Å². The van der Waals surface area contributed by atoms with Gasteiger partial charge in [0.1, 0.15) is 12.4 Å². The van der Waals surface area contributed by atoms with Gasteiger partial charge in [0.25, 0.3) is 0 Å². The fraction of sp³-hybridized carbons (Fsp3) is 0.667. The second kappa shape index (κ2) is 10.6. The number of hydrogen-bond acceptors (Lipinski definition) is 3. The maximum absolute atomic E-state index is 5.86. The van der Waals surface area contributed by atoms with E-state index in [1.165, 1.54) is 5.56 Å². The monoisotopic (exact) mass is 293 g/mol. The predicted octanol–water partition coefficient (Wildman–Crippen LogP) is 4.02. The molecule has 0 heterocycles. The molecule has 3 nitrogen and oxygen atoms in total. The number of para-hydroxylation sites is 1. The molecule has 0 bridgehead atoms. The van der Waals surface area contributed by atoms with Crippen LogP contribution in [0.2, 0.25) is 0 Å². The van der Waals surface area contributed by atoms with Crippen molar-refractivity contribution in [1.82, 2.24) is 5.32 Å². The minimum absolute atomic E-state index is 0.321. The Kier molecular flexibility index (Phi) is 9.11. The van der Waals surface area contributed by atoms with Crippen LogP contribution >= 0.6 is 0 Å². The lowest BCUT2D eigenvalue weighted by atomic mass is 10.2. The van der Waals surface area contributed by atoms with Gasteiger partial charge in [-0.1, -0.05) is 45.4 Å². The minimum Gasteiger partial charge on any atom is -0.491 e. The third kappa shape index (κ3) is 8.08. The zero-order valence-electron chi connectivity index (χ0n) is 14.0. The molecule has 0 aliphatic carbocycles. The van der Waals surface area contributed by atoms with Crippen LogP contribution in [0.4, 0.5) is 0 Å². The molecule has 0 radical (unpaired) electrons. The first-order valence-electron chi connectivity index (χ1n) is 8.16. The maximum atomic E-state index is 5.86. The van der Waals surface area contributed by atoms with Gasteiger partial charge in [-0.25, -0.2) is 0 Å². The van der Waals surface area contributed by atoms with Crippen molar-refractivity contribution in [3.05, 3.63) is 29.8 Å². The van der Waals surface area contributed by atoms with Crippen LogP contribution in [-0.4, -0.2) is 25.9 Å². The summed E-state index contributed by atoms with van der Waals surface area (Å²) in [6.07, 6.45) is 2.59. The summed E-state index contributed by atoms with van der Waals surface area (Å²) in [7, 11) is 0. The van der Waals surface area contributed by atoms with E-state index in [0.717, 1.165) is 31.7 Å². The van der Waals surface area contributed by atoms with Gasteiger partial charge < -0.3 is 14.8 Å². The van der Waals surface area contributed by atoms with Gasteiger partial charge in [-0.05, 0) is 31.9 Å². The lowest BCUT2D eigenvalue weighted by molar-refractivity contribution is 0.0393. The fourth-order valence-corrected chi connectivity index (χ4v) is 2.18. The minimum atomic E-state index is 0.321. The van der Waals surface area contributed by atoms with Crippen molar-refractivity contribution in [1.29, 1.82) is 0 Å². The number of hydrogen-bond donors (Lipinski definition) is 1. The molecule has 0 aromatic heterocycles. The van der Waals surface area contributed by atoms with Crippen LogP contribution in [-0.2, 0) is 11.3 Å². The summed E-state index contributed by atoms with van der Waals surface area (Å²) >= 11 is 0. The highest BCUT2D eigenvalue weighted by atomic mass is 16.5. The number of benzene rings is 1. The van der Waals surface area contributed by atoms with Crippen LogP contribution in [0.25, 0.3) is 0 Å². The van der Waals surface area contributed by atoms with E-state index in [0.29, 0.717) is 25.2 Å². The first-order chi connectivity index (χ1) is 10.1. The quantitative estimate of drug-likeness (QED) is 0.625. The number of rotatable bonds is 11. The van der Waals surface area contributed by atoms with Crippen molar-refractivity contribution in [2.24, 2.45) is 5.92 Å². The normalized spacial score (nSPS) is 12.6. The van der Waals surface area contributed by atoms with Crippen molar-refractivity contribution in [3.8, 4) is 5.75 Å². The number of ether oxygens (including phenoxy) is 2. The van der Waals surface area contributed by atoms with Gasteiger partial charge in [-0.15, -0.1) is 0 Å². The standard InChI is InChI=1S/C18H31NO2/c1-5-8-16(4)20-11-12-21-18-10-7-6-9-17(18)14-19-13-15(2)3/h6-7,9-10,15-16,19H,5,8,11-14H2,1-4H3. The average Bonchev–Trinajstić information content (AvgIpc) is 2.45. The highest BCUT2D eigenvalue weighted by Crippen LogP contribution is 2.17. The molecule has 0 spiro atoms. The maximum Gasteiger partial charge on any atom is 0.123 e. The highest BCUT2D eigenvalue weighted by Gasteiger charge is 2.04. The molecule has 0 fully saturated rings. The molecule has 1 rings (SSSR count). The van der Waals surface area contributed by atoms with Gasteiger partial charge in [0.15, 0.2) is 0 Å². The largest absolute Gasteiger partial charge is 0.491 e. The third-order valence-electron chi connectivity index (χ3n) is 3.28. The second-order valence-electron chi connectivity index (χ2n) is 5.95. The lowest BCUT2D eigenvalue weighted by Crippen LogP contribution is -2.20. The lowest BCUT2D eigenvalue weighted by Gasteiger charge is -2.15. The molecule has 0 aliphatic rings. The third-order valence-corrected chi connectivity index (χ3v) is 3.28. The Morgan fingerprint density at radius 1 is 1.10 bits per heavy atom. The van der Waals surface area contributed by atoms with E-state index >= 15 is 0 Å². The van der Waals surface area contributed by atoms with E-state index in [2.05, 4.69) is 45.1 Å². The van der Waals surface area contributed by atoms with Gasteiger partial charge in [-0.3, -0.25) is 0 Å². The number of nitrogens with one attached hydrogen (secondary N) is 1. The van der Waals surface area contributed by atoms with Crippen molar-refractivity contribution >= 4 is 0 Å². The Morgan fingerprint density at radius 3 is 2.57 bits per heavy atom. The molecule has 0 amide bonds. The summed E-state index contributed by atoms with van der Waals surface area (Å²) in [4.78, 5) is 0. The molecule has 1 aromatic rings. The van der Waals surface area contributed by atoms with Crippen molar-refractivity contribution < 1.29 is 9.47 Å². The van der Waals surface area contributed by atoms with E-state index < -0.39 is 0 Å². The van der Waals surface area contributed by atoms with Crippen LogP contribution in [0.1, 0.15) is 46.1 Å². The van der Waals surface area contributed by atoms with E-state index in [-0.39, 0.29) is 0 Å². The molecule has 1 atom stereocenters. The zero-order chi connectivity index (χ0) is 15.5. The van der Waals surface area contributed by atoms with E-state index in [1.54, 1.807) is 0 Å². The molecule has 21 heavy (non-hydrogen) atoms. The zero-order valence-corrected chi connectivity index (χ0v) is 14.0. The fourth-order valence-electron chi connectivity index (χ4n) is 2.18. The van der Waals surface area contributed by atoms with E-state index in [9.17, 15) is 0 Å². The van der Waals surface area contributed by atoms with Gasteiger partial charge in [-0.2, -0.15) is 0 Å². The predicted molar refractivity (Wildman–Crippen MR) is 88.8 cm³/mol. The Labute approximate surface area is 130 Å². The molecule has 3 heteroatoms. The molecule has 1 aromatic carbocycles. The highest BCUT2D eigenvalue weighted by molar-refractivity contribution is 5.33. The molecular weight excluding hydrogens is 262 g/mol. The van der Waals surface area contributed by atoms with E-state index in [4.69, 9.17) is 9.47 Å². The first kappa shape index (κ1) is 18.0. The van der Waals surface area contributed by atoms with Gasteiger partial charge in [0.05, 0.1) is 12.7 Å². The Balaban J connectivity index is 2.33. The second-order valence-corrected chi connectivity index (χ2v) is 5.95. The Morgan fingerprint density at radius 2 is 1.86 bits per heavy atom. The van der Waals surface area contributed by atoms with Crippen molar-refractivity contribution in [2.45, 2.75) is 53.2 Å². The van der Waals surface area contributed by atoms with Gasteiger partial charge in [0.2, 0.25) is 0 Å². The summed E-state index contributed by atoms with van der Waals surface area (Å²) in [5.74, 6) is 1.62. The smallest absolute Gasteiger partial charge is 0.123 e. The molecule has 1 N–H and O–H groups in total. The van der Waals surface area contributed by atoms with Crippen molar-refractivity contribution in [3.63, 3.8) is 0 Å². The average molecular weight is 293 g/mol. The van der Waals surface area contributed by atoms with Crippen LogP contribution in [0.3, 0.4) is 0 Å². The summed E-state index contributed by atoms with van der Waals surface area (Å²) in [6.45, 7) is 11.8. The molecule has 0 saturated carbocycles. The topological polar surface area (TPSA) is 30.5 Å². The van der Waals surface area contributed by atoms with E-state index in [1.807, 2.05) is 12.1 Å². The van der Waals surface area contributed by atoms with Crippen LogP contribution in [0.5, 0.6) is 5.75 Å². The van der Waals surface area contributed by atoms with Crippen LogP contribution in [0, 0.1) is 5.92 Å². The summed E-state index contributed by atoms with van der Waals surface area (Å²) in [5, 5.41) is 3.46. The molecule has 1 unspecified atom stereocenters. The molecule has 120 valence electrons. The molecular formula is C18H31NO2. The van der Waals surface area contributed by atoms with Gasteiger partial charge >= 0.3 is 0 Å². The summed E-state index contributed by atoms with van der Waals surface area (Å²) in [5.41, 5.74) is 1.21. The molecule has 0 saturated heterocycles. The van der Waals surface area contributed by atoms with Crippen LogP contribution < -0.4 is 10.1 Å². The summed E-state index contributed by atoms with van der Waals surface area (Å²) in [6, 6.07) is 8.21. The van der Waals surface area contributed by atoms with Gasteiger partial charge in [0, 0.05) is 12.1 Å². The Hall–Kier alpha value is -1.06. The Bertz CT molecular complexity index is 379.